The number of fused-ring (bicyclic) bond motifs is 1. The van der Waals surface area contributed by atoms with Gasteiger partial charge in [-0.25, -0.2) is 10.1 Å². The molecular weight excluding hydrogens is 352 g/mol. The minimum atomic E-state index is -0.282. The fourth-order valence-electron chi connectivity index (χ4n) is 3.44. The summed E-state index contributed by atoms with van der Waals surface area (Å²) in [4.78, 5) is 12.7. The second-order valence-electron chi connectivity index (χ2n) is 6.58. The van der Waals surface area contributed by atoms with Crippen molar-refractivity contribution in [2.75, 3.05) is 6.61 Å². The molecule has 0 fully saturated rings. The Kier molecular flexibility index (Phi) is 5.19. The standard InChI is InChI=1S/C22H22N4O2/c1-2-28-18-13-11-16(12-14-18)15-23-24-22(27)21-19-9-6-10-20(19)26(25-21)17-7-4-3-5-8-17/h3-5,7-8,11-15H,2,6,9-10H2,1H3,(H,24,27)/b23-15+. The van der Waals surface area contributed by atoms with Crippen molar-refractivity contribution in [1.29, 1.82) is 0 Å². The minimum Gasteiger partial charge on any atom is -0.494 e. The van der Waals surface area contributed by atoms with E-state index in [9.17, 15) is 4.79 Å². The van der Waals surface area contributed by atoms with Gasteiger partial charge in [0.1, 0.15) is 5.75 Å². The van der Waals surface area contributed by atoms with Crippen molar-refractivity contribution in [2.24, 2.45) is 5.10 Å². The number of hydrogen-bond acceptors (Lipinski definition) is 4. The van der Waals surface area contributed by atoms with Crippen LogP contribution >= 0.6 is 0 Å². The molecule has 0 aliphatic heterocycles. The molecule has 0 spiro atoms. The summed E-state index contributed by atoms with van der Waals surface area (Å²) in [6, 6.07) is 17.4. The van der Waals surface area contributed by atoms with Crippen molar-refractivity contribution in [3.05, 3.63) is 77.1 Å². The average molecular weight is 374 g/mol. The first-order valence-corrected chi connectivity index (χ1v) is 9.48. The Balaban J connectivity index is 1.49. The monoisotopic (exact) mass is 374 g/mol. The van der Waals surface area contributed by atoms with Crippen molar-refractivity contribution in [3.8, 4) is 11.4 Å². The van der Waals surface area contributed by atoms with Gasteiger partial charge in [-0.1, -0.05) is 18.2 Å². The molecule has 6 heteroatoms. The van der Waals surface area contributed by atoms with Crippen molar-refractivity contribution in [3.63, 3.8) is 0 Å². The lowest BCUT2D eigenvalue weighted by atomic mass is 10.2. The molecule has 1 amide bonds. The Bertz CT molecular complexity index is 991. The van der Waals surface area contributed by atoms with Crippen LogP contribution in [0.15, 0.2) is 59.7 Å². The molecule has 1 heterocycles. The molecular formula is C22H22N4O2. The molecule has 1 aromatic heterocycles. The number of benzene rings is 2. The maximum atomic E-state index is 12.7. The lowest BCUT2D eigenvalue weighted by molar-refractivity contribution is 0.0949. The van der Waals surface area contributed by atoms with Gasteiger partial charge in [-0.3, -0.25) is 4.79 Å². The second-order valence-corrected chi connectivity index (χ2v) is 6.58. The third-order valence-corrected chi connectivity index (χ3v) is 4.72. The Morgan fingerprint density at radius 1 is 1.18 bits per heavy atom. The van der Waals surface area contributed by atoms with Crippen LogP contribution in [0, 0.1) is 0 Å². The van der Waals surface area contributed by atoms with E-state index in [0.717, 1.165) is 47.5 Å². The molecule has 3 aromatic rings. The number of nitrogens with one attached hydrogen (secondary N) is 1. The van der Waals surface area contributed by atoms with E-state index in [2.05, 4.69) is 15.6 Å². The van der Waals surface area contributed by atoms with Gasteiger partial charge in [0, 0.05) is 11.3 Å². The van der Waals surface area contributed by atoms with Crippen LogP contribution in [0.4, 0.5) is 0 Å². The van der Waals surface area contributed by atoms with Gasteiger partial charge in [-0.2, -0.15) is 10.2 Å². The number of nitrogens with zero attached hydrogens (tertiary/aromatic N) is 3. The Labute approximate surface area is 163 Å². The number of hydrogen-bond donors (Lipinski definition) is 1. The number of para-hydroxylation sites is 1. The van der Waals surface area contributed by atoms with E-state index in [1.807, 2.05) is 66.2 Å². The van der Waals surface area contributed by atoms with Gasteiger partial charge < -0.3 is 4.74 Å². The number of amides is 1. The average Bonchev–Trinajstić information content (AvgIpc) is 3.33. The number of carbonyl (C=O) groups excluding carboxylic acids is 1. The molecule has 4 rings (SSSR count). The highest BCUT2D eigenvalue weighted by Crippen LogP contribution is 2.27. The van der Waals surface area contributed by atoms with E-state index in [4.69, 9.17) is 4.74 Å². The number of hydrazone groups is 1. The van der Waals surface area contributed by atoms with E-state index in [1.165, 1.54) is 0 Å². The molecule has 28 heavy (non-hydrogen) atoms. The normalized spacial score (nSPS) is 12.9. The Hall–Kier alpha value is -3.41. The molecule has 0 atom stereocenters. The van der Waals surface area contributed by atoms with Crippen molar-refractivity contribution in [1.82, 2.24) is 15.2 Å². The van der Waals surface area contributed by atoms with Gasteiger partial charge in [0.15, 0.2) is 5.69 Å². The van der Waals surface area contributed by atoms with Crippen molar-refractivity contribution < 1.29 is 9.53 Å². The van der Waals surface area contributed by atoms with Gasteiger partial charge in [-0.15, -0.1) is 0 Å². The summed E-state index contributed by atoms with van der Waals surface area (Å²) in [5.74, 6) is 0.528. The molecule has 0 bridgehead atoms. The summed E-state index contributed by atoms with van der Waals surface area (Å²) < 4.78 is 7.30. The van der Waals surface area contributed by atoms with E-state index < -0.39 is 0 Å². The number of rotatable bonds is 6. The number of carbonyl (C=O) groups is 1. The predicted octanol–water partition coefficient (Wildman–Crippen LogP) is 3.52. The molecule has 0 radical (unpaired) electrons. The van der Waals surface area contributed by atoms with Crippen molar-refractivity contribution in [2.45, 2.75) is 26.2 Å². The van der Waals surface area contributed by atoms with E-state index >= 15 is 0 Å². The summed E-state index contributed by atoms with van der Waals surface area (Å²) in [5, 5.41) is 8.66. The van der Waals surface area contributed by atoms with Gasteiger partial charge in [0.25, 0.3) is 5.91 Å². The smallest absolute Gasteiger partial charge is 0.292 e. The number of aromatic nitrogens is 2. The highest BCUT2D eigenvalue weighted by molar-refractivity contribution is 5.95. The highest BCUT2D eigenvalue weighted by atomic mass is 16.5. The molecule has 0 saturated heterocycles. The zero-order valence-corrected chi connectivity index (χ0v) is 15.8. The maximum absolute atomic E-state index is 12.7. The second kappa shape index (κ2) is 8.08. The van der Waals surface area contributed by atoms with Crippen LogP contribution in [-0.4, -0.2) is 28.5 Å². The molecule has 0 saturated carbocycles. The summed E-state index contributed by atoms with van der Waals surface area (Å²) in [7, 11) is 0. The Morgan fingerprint density at radius 2 is 1.96 bits per heavy atom. The first-order chi connectivity index (χ1) is 13.8. The third-order valence-electron chi connectivity index (χ3n) is 4.72. The first kappa shape index (κ1) is 18.0. The summed E-state index contributed by atoms with van der Waals surface area (Å²) in [5.41, 5.74) is 7.06. The molecule has 142 valence electrons. The fraction of sp³-hybridized carbons (Fsp3) is 0.227. The van der Waals surface area contributed by atoms with Crippen molar-refractivity contribution >= 4 is 12.1 Å². The predicted molar refractivity (Wildman–Crippen MR) is 108 cm³/mol. The lowest BCUT2D eigenvalue weighted by Crippen LogP contribution is -2.20. The van der Waals surface area contributed by atoms with E-state index in [0.29, 0.717) is 12.3 Å². The third kappa shape index (κ3) is 3.67. The highest BCUT2D eigenvalue weighted by Gasteiger charge is 2.26. The van der Waals surface area contributed by atoms with Gasteiger partial charge in [0.2, 0.25) is 0 Å². The summed E-state index contributed by atoms with van der Waals surface area (Å²) in [6.45, 7) is 2.57. The molecule has 1 aliphatic rings. The molecule has 6 nitrogen and oxygen atoms in total. The molecule has 1 N–H and O–H groups in total. The summed E-state index contributed by atoms with van der Waals surface area (Å²) in [6.07, 6.45) is 4.45. The van der Waals surface area contributed by atoms with E-state index in [-0.39, 0.29) is 5.91 Å². The largest absolute Gasteiger partial charge is 0.494 e. The zero-order valence-electron chi connectivity index (χ0n) is 15.8. The Morgan fingerprint density at radius 3 is 2.71 bits per heavy atom. The topological polar surface area (TPSA) is 68.5 Å². The first-order valence-electron chi connectivity index (χ1n) is 9.48. The maximum Gasteiger partial charge on any atom is 0.292 e. The lowest BCUT2D eigenvalue weighted by Gasteiger charge is -2.04. The van der Waals surface area contributed by atoms with Gasteiger partial charge in [0.05, 0.1) is 18.5 Å². The quantitative estimate of drug-likeness (QED) is 0.530. The zero-order chi connectivity index (χ0) is 19.3. The van der Waals surface area contributed by atoms with Crippen LogP contribution in [0.5, 0.6) is 5.75 Å². The van der Waals surface area contributed by atoms with Crippen LogP contribution in [0.25, 0.3) is 5.69 Å². The van der Waals surface area contributed by atoms with Crippen LogP contribution in [-0.2, 0) is 12.8 Å². The molecule has 0 unspecified atom stereocenters. The van der Waals surface area contributed by atoms with Crippen LogP contribution in [0.1, 0.15) is 40.7 Å². The van der Waals surface area contributed by atoms with Crippen LogP contribution < -0.4 is 10.2 Å². The SMILES string of the molecule is CCOc1ccc(/C=N/NC(=O)c2nn(-c3ccccc3)c3c2CCC3)cc1. The van der Waals surface area contributed by atoms with Gasteiger partial charge in [-0.05, 0) is 68.1 Å². The van der Waals surface area contributed by atoms with E-state index in [1.54, 1.807) is 6.21 Å². The molecule has 2 aromatic carbocycles. The van der Waals surface area contributed by atoms with Crippen LogP contribution in [0.2, 0.25) is 0 Å². The van der Waals surface area contributed by atoms with Gasteiger partial charge >= 0.3 is 0 Å². The minimum absolute atomic E-state index is 0.282. The fourth-order valence-corrected chi connectivity index (χ4v) is 3.44. The van der Waals surface area contributed by atoms with Crippen LogP contribution in [0.3, 0.4) is 0 Å². The summed E-state index contributed by atoms with van der Waals surface area (Å²) >= 11 is 0. The molecule has 1 aliphatic carbocycles. The number of ether oxygens (including phenoxy) is 1.